The zero-order valence-electron chi connectivity index (χ0n) is 22.2. The number of methoxy groups -OCH3 is 1. The number of hydrogen-bond donors (Lipinski definition) is 3. The molecular weight excluding hydrogens is 516 g/mol. The van der Waals surface area contributed by atoms with Gasteiger partial charge in [-0.2, -0.15) is 0 Å². The molecule has 0 bridgehead atoms. The first-order chi connectivity index (χ1) is 17.3. The number of likely N-dealkylation sites (tertiary alicyclic amines) is 1. The molecule has 216 valence electrons. The maximum Gasteiger partial charge on any atom is 0.407 e. The van der Waals surface area contributed by atoms with E-state index in [1.54, 1.807) is 20.8 Å². The molecule has 1 aliphatic carbocycles. The lowest BCUT2D eigenvalue weighted by Crippen LogP contribution is -2.63. The molecule has 2 rings (SSSR count). The van der Waals surface area contributed by atoms with Crippen molar-refractivity contribution in [1.29, 1.82) is 0 Å². The van der Waals surface area contributed by atoms with Crippen LogP contribution in [0.25, 0.3) is 0 Å². The molecule has 4 amide bonds. The minimum Gasteiger partial charge on any atom is -0.453 e. The maximum atomic E-state index is 14.4. The highest BCUT2D eigenvalue weighted by Gasteiger charge is 2.49. The Kier molecular flexibility index (Phi) is 9.76. The fraction of sp³-hybridized carbons (Fsp3) is 0.792. The summed E-state index contributed by atoms with van der Waals surface area (Å²) in [5, 5.41) is 6.94. The topological polar surface area (TPSA) is 134 Å². The number of carbonyl (C=O) groups is 5. The van der Waals surface area contributed by atoms with Gasteiger partial charge in [-0.05, 0) is 31.6 Å². The number of Topliss-reactive ketones (excluding diaryl/α,β-unsaturated/α-hetero) is 1. The van der Waals surface area contributed by atoms with Gasteiger partial charge in [0.25, 0.3) is 11.8 Å². The molecule has 1 saturated heterocycles. The number of alkyl halides is 4. The quantitative estimate of drug-likeness (QED) is 0.281. The largest absolute Gasteiger partial charge is 0.453 e. The number of rotatable bonds is 10. The van der Waals surface area contributed by atoms with E-state index in [4.69, 9.17) is 0 Å². The number of ketones is 1. The first kappa shape index (κ1) is 31.3. The molecule has 1 aliphatic heterocycles. The van der Waals surface area contributed by atoms with Crippen LogP contribution in [0.3, 0.4) is 0 Å². The van der Waals surface area contributed by atoms with E-state index in [-0.39, 0.29) is 6.04 Å². The number of nitrogens with zero attached hydrogens (tertiary/aromatic N) is 1. The van der Waals surface area contributed by atoms with Gasteiger partial charge in [0.2, 0.25) is 23.5 Å². The highest BCUT2D eigenvalue weighted by Crippen LogP contribution is 2.34. The lowest BCUT2D eigenvalue weighted by Gasteiger charge is -2.42. The predicted molar refractivity (Wildman–Crippen MR) is 126 cm³/mol. The zero-order chi connectivity index (χ0) is 29.1. The van der Waals surface area contributed by atoms with Crippen LogP contribution in [0.15, 0.2) is 0 Å². The molecule has 3 N–H and O–H groups in total. The second-order valence-corrected chi connectivity index (χ2v) is 11.1. The van der Waals surface area contributed by atoms with Crippen LogP contribution in [0.4, 0.5) is 22.4 Å². The second kappa shape index (κ2) is 11.9. The van der Waals surface area contributed by atoms with Crippen molar-refractivity contribution >= 4 is 29.6 Å². The van der Waals surface area contributed by atoms with Gasteiger partial charge in [0.05, 0.1) is 13.2 Å². The Hall–Kier alpha value is -2.93. The number of hydrogen-bond acceptors (Lipinski definition) is 6. The summed E-state index contributed by atoms with van der Waals surface area (Å²) >= 11 is 0. The smallest absolute Gasteiger partial charge is 0.407 e. The van der Waals surface area contributed by atoms with Gasteiger partial charge in [-0.1, -0.05) is 20.8 Å². The predicted octanol–water partition coefficient (Wildman–Crippen LogP) is 2.15. The zero-order valence-corrected chi connectivity index (χ0v) is 22.2. The van der Waals surface area contributed by atoms with Gasteiger partial charge < -0.3 is 25.6 Å². The number of alkyl carbamates (subject to hydrolysis) is 1. The van der Waals surface area contributed by atoms with Crippen molar-refractivity contribution in [3.8, 4) is 0 Å². The third-order valence-electron chi connectivity index (χ3n) is 6.37. The lowest BCUT2D eigenvalue weighted by molar-refractivity contribution is -0.156. The first-order valence-corrected chi connectivity index (χ1v) is 12.4. The molecule has 1 heterocycles. The number of carbonyl (C=O) groups excluding carboxylic acids is 5. The first-order valence-electron chi connectivity index (χ1n) is 12.4. The van der Waals surface area contributed by atoms with E-state index in [0.29, 0.717) is 19.8 Å². The van der Waals surface area contributed by atoms with E-state index in [0.717, 1.165) is 12.0 Å². The molecule has 0 aromatic heterocycles. The van der Waals surface area contributed by atoms with E-state index in [2.05, 4.69) is 20.7 Å². The average Bonchev–Trinajstić information content (AvgIpc) is 3.60. The number of ether oxygens (including phenoxy) is 1. The van der Waals surface area contributed by atoms with Crippen LogP contribution in [-0.4, -0.2) is 84.2 Å². The molecule has 3 atom stereocenters. The molecule has 0 aromatic carbocycles. The molecule has 0 radical (unpaired) electrons. The van der Waals surface area contributed by atoms with Gasteiger partial charge >= 0.3 is 6.09 Å². The van der Waals surface area contributed by atoms with Gasteiger partial charge in [-0.15, -0.1) is 0 Å². The van der Waals surface area contributed by atoms with Crippen molar-refractivity contribution in [3.05, 3.63) is 0 Å². The van der Waals surface area contributed by atoms with Crippen molar-refractivity contribution < 1.29 is 46.3 Å². The van der Waals surface area contributed by atoms with E-state index in [1.165, 1.54) is 0 Å². The number of nitrogens with one attached hydrogen (secondary N) is 3. The third-order valence-corrected chi connectivity index (χ3v) is 6.37. The van der Waals surface area contributed by atoms with Crippen molar-refractivity contribution in [2.75, 3.05) is 13.7 Å². The van der Waals surface area contributed by atoms with E-state index < -0.39 is 97.2 Å². The number of halogens is 4. The third kappa shape index (κ3) is 9.12. The molecule has 38 heavy (non-hydrogen) atoms. The fourth-order valence-electron chi connectivity index (χ4n) is 4.00. The summed E-state index contributed by atoms with van der Waals surface area (Å²) in [4.78, 5) is 64.4. The molecule has 0 aromatic rings. The van der Waals surface area contributed by atoms with Crippen LogP contribution in [-0.2, 0) is 23.9 Å². The Labute approximate surface area is 218 Å². The van der Waals surface area contributed by atoms with Gasteiger partial charge in [0, 0.05) is 31.8 Å². The molecule has 14 heteroatoms. The van der Waals surface area contributed by atoms with Crippen molar-refractivity contribution in [2.45, 2.75) is 102 Å². The summed E-state index contributed by atoms with van der Waals surface area (Å²) in [6, 6.07) is -5.00. The molecule has 10 nitrogen and oxygen atoms in total. The monoisotopic (exact) mass is 552 g/mol. The van der Waals surface area contributed by atoms with E-state index in [9.17, 15) is 41.5 Å². The van der Waals surface area contributed by atoms with Crippen LogP contribution in [0.1, 0.15) is 66.2 Å². The number of amides is 4. The molecule has 0 spiro atoms. The van der Waals surface area contributed by atoms with Crippen molar-refractivity contribution in [2.24, 2.45) is 5.41 Å². The van der Waals surface area contributed by atoms with Gasteiger partial charge in [0.1, 0.15) is 12.1 Å². The highest BCUT2D eigenvalue weighted by molar-refractivity contribution is 6.38. The lowest BCUT2D eigenvalue weighted by atomic mass is 9.84. The Balaban J connectivity index is 2.31. The summed E-state index contributed by atoms with van der Waals surface area (Å²) < 4.78 is 60.4. The molecular formula is C24H36F4N4O6. The summed E-state index contributed by atoms with van der Waals surface area (Å²) in [5.74, 6) is -10.9. The summed E-state index contributed by atoms with van der Waals surface area (Å²) in [6.45, 7) is 4.88. The van der Waals surface area contributed by atoms with Crippen molar-refractivity contribution in [1.82, 2.24) is 20.9 Å². The molecule has 2 fully saturated rings. The SMILES string of the molecule is COC(=O)N[C@H](C(=O)N1CCC(F)(F)C[C@@H]1C(=O)N[C@@H](CCC(C)(F)F)C(=O)C(=O)NC1CC1)C(C)(C)C. The standard InChI is InChI=1S/C24H36F4N4O6/c1-22(2,3)17(31-21(37)38-5)20(36)32-11-10-24(27,28)12-15(32)18(34)30-14(8-9-23(4,25)26)16(33)19(35)29-13-6-7-13/h13-15,17H,6-12H2,1-5H3,(H,29,35)(H,30,34)(H,31,37)/t14-,15+,17+/m0/s1. The minimum absolute atomic E-state index is 0.225. The van der Waals surface area contributed by atoms with Crippen LogP contribution in [0.5, 0.6) is 0 Å². The summed E-state index contributed by atoms with van der Waals surface area (Å²) in [7, 11) is 1.08. The van der Waals surface area contributed by atoms with Crippen LogP contribution >= 0.6 is 0 Å². The summed E-state index contributed by atoms with van der Waals surface area (Å²) in [6.07, 6.45) is -3.01. The van der Waals surface area contributed by atoms with Crippen LogP contribution in [0, 0.1) is 5.41 Å². The molecule has 0 unspecified atom stereocenters. The highest BCUT2D eigenvalue weighted by atomic mass is 19.3. The molecule has 2 aliphatic rings. The minimum atomic E-state index is -3.34. The maximum absolute atomic E-state index is 14.4. The number of piperidine rings is 1. The second-order valence-electron chi connectivity index (χ2n) is 11.1. The van der Waals surface area contributed by atoms with E-state index in [1.807, 2.05) is 0 Å². The Morgan fingerprint density at radius 1 is 1.05 bits per heavy atom. The Bertz CT molecular complexity index is 930. The van der Waals surface area contributed by atoms with Crippen LogP contribution < -0.4 is 16.0 Å². The summed E-state index contributed by atoms with van der Waals surface area (Å²) in [5.41, 5.74) is -0.918. The fourth-order valence-corrected chi connectivity index (χ4v) is 4.00. The van der Waals surface area contributed by atoms with E-state index >= 15 is 0 Å². The van der Waals surface area contributed by atoms with Gasteiger partial charge in [0.15, 0.2) is 0 Å². The Morgan fingerprint density at radius 2 is 1.66 bits per heavy atom. The Morgan fingerprint density at radius 3 is 2.16 bits per heavy atom. The van der Waals surface area contributed by atoms with Gasteiger partial charge in [-0.3, -0.25) is 19.2 Å². The normalized spacial score (nSPS) is 21.1. The van der Waals surface area contributed by atoms with Crippen LogP contribution in [0.2, 0.25) is 0 Å². The average molecular weight is 553 g/mol. The molecule has 1 saturated carbocycles. The van der Waals surface area contributed by atoms with Gasteiger partial charge in [-0.25, -0.2) is 22.4 Å². The van der Waals surface area contributed by atoms with Crippen molar-refractivity contribution in [3.63, 3.8) is 0 Å².